The van der Waals surface area contributed by atoms with Crippen molar-refractivity contribution >= 4 is 17.5 Å². The average Bonchev–Trinajstić information content (AvgIpc) is 2.63. The maximum atomic E-state index is 12.2. The molecule has 1 atom stereocenters. The van der Waals surface area contributed by atoms with Gasteiger partial charge in [-0.2, -0.15) is 4.68 Å². The van der Waals surface area contributed by atoms with Crippen LogP contribution in [0.2, 0.25) is 5.02 Å². The van der Waals surface area contributed by atoms with E-state index in [0.717, 1.165) is 5.56 Å². The topological polar surface area (TPSA) is 82.5 Å². The minimum atomic E-state index is -0.717. The van der Waals surface area contributed by atoms with Crippen molar-refractivity contribution in [3.05, 3.63) is 51.3 Å². The fraction of sp³-hybridized carbons (Fsp3) is 0.389. The number of ether oxygens (including phenoxy) is 2. The Hall–Kier alpha value is -2.38. The van der Waals surface area contributed by atoms with Crippen LogP contribution in [-0.2, 0) is 9.53 Å². The van der Waals surface area contributed by atoms with E-state index in [1.54, 1.807) is 25.3 Å². The van der Waals surface area contributed by atoms with Gasteiger partial charge in [0.2, 0.25) is 5.88 Å². The Bertz CT molecular complexity index is 822. The fourth-order valence-electron chi connectivity index (χ4n) is 2.30. The smallest absolute Gasteiger partial charge is 0.271 e. The molecule has 140 valence electrons. The Kier molecular flexibility index (Phi) is 7.17. The van der Waals surface area contributed by atoms with Crippen molar-refractivity contribution in [1.82, 2.24) is 15.1 Å². The van der Waals surface area contributed by atoms with Gasteiger partial charge in [-0.15, -0.1) is 5.10 Å². The molecule has 7 nitrogen and oxygen atoms in total. The van der Waals surface area contributed by atoms with Gasteiger partial charge in [-0.25, -0.2) is 0 Å². The highest BCUT2D eigenvalue weighted by molar-refractivity contribution is 6.30. The summed E-state index contributed by atoms with van der Waals surface area (Å²) in [7, 11) is 1.56. The van der Waals surface area contributed by atoms with Crippen molar-refractivity contribution in [3.8, 4) is 11.6 Å². The summed E-state index contributed by atoms with van der Waals surface area (Å²) in [5.74, 6) is -0.0826. The number of nitrogens with zero attached hydrogens (tertiary/aromatic N) is 2. The average molecular weight is 380 g/mol. The number of hydrogen-bond acceptors (Lipinski definition) is 5. The van der Waals surface area contributed by atoms with Gasteiger partial charge in [0, 0.05) is 30.8 Å². The molecule has 1 amide bonds. The van der Waals surface area contributed by atoms with Crippen molar-refractivity contribution < 1.29 is 14.3 Å². The lowest BCUT2D eigenvalue weighted by Crippen LogP contribution is -2.39. The lowest BCUT2D eigenvalue weighted by Gasteiger charge is -2.17. The number of aryl methyl sites for hydroxylation is 1. The van der Waals surface area contributed by atoms with Crippen molar-refractivity contribution in [2.75, 3.05) is 20.3 Å². The molecule has 0 aliphatic heterocycles. The SMILES string of the molecule is CCC(Oc1ccc(=O)n(-c2cc(Cl)ccc2C)n1)C(=O)NCCOC. The van der Waals surface area contributed by atoms with E-state index in [0.29, 0.717) is 30.3 Å². The molecule has 2 aromatic rings. The molecule has 1 N–H and O–H groups in total. The van der Waals surface area contributed by atoms with Crippen LogP contribution in [0, 0.1) is 6.92 Å². The normalized spacial score (nSPS) is 11.8. The second-order valence-electron chi connectivity index (χ2n) is 5.65. The van der Waals surface area contributed by atoms with Crippen LogP contribution in [0.4, 0.5) is 0 Å². The third-order valence-corrected chi connectivity index (χ3v) is 3.94. The summed E-state index contributed by atoms with van der Waals surface area (Å²) in [6.07, 6.45) is -0.263. The molecule has 2 rings (SSSR count). The number of methoxy groups -OCH3 is 1. The van der Waals surface area contributed by atoms with E-state index >= 15 is 0 Å². The number of nitrogens with one attached hydrogen (secondary N) is 1. The molecule has 0 saturated heterocycles. The molecule has 0 bridgehead atoms. The summed E-state index contributed by atoms with van der Waals surface area (Å²) in [5, 5.41) is 7.45. The summed E-state index contributed by atoms with van der Waals surface area (Å²) in [6, 6.07) is 7.99. The molecule has 0 aliphatic carbocycles. The van der Waals surface area contributed by atoms with Crippen LogP contribution in [0.3, 0.4) is 0 Å². The molecular weight excluding hydrogens is 358 g/mol. The Morgan fingerprint density at radius 2 is 2.12 bits per heavy atom. The summed E-state index contributed by atoms with van der Waals surface area (Å²) in [5.41, 5.74) is 1.08. The van der Waals surface area contributed by atoms with E-state index in [-0.39, 0.29) is 17.3 Å². The molecule has 0 fully saturated rings. The quantitative estimate of drug-likeness (QED) is 0.710. The zero-order valence-electron chi connectivity index (χ0n) is 15.0. The lowest BCUT2D eigenvalue weighted by atomic mass is 10.2. The van der Waals surface area contributed by atoms with Crippen LogP contribution in [-0.4, -0.2) is 42.1 Å². The highest BCUT2D eigenvalue weighted by Crippen LogP contribution is 2.18. The molecule has 0 saturated carbocycles. The van der Waals surface area contributed by atoms with Gasteiger partial charge in [-0.3, -0.25) is 9.59 Å². The van der Waals surface area contributed by atoms with Crippen LogP contribution in [0.5, 0.6) is 5.88 Å². The number of carbonyl (C=O) groups excluding carboxylic acids is 1. The highest BCUT2D eigenvalue weighted by atomic mass is 35.5. The van der Waals surface area contributed by atoms with Gasteiger partial charge in [-0.1, -0.05) is 24.6 Å². The van der Waals surface area contributed by atoms with Gasteiger partial charge in [0.1, 0.15) is 0 Å². The first-order valence-electron chi connectivity index (χ1n) is 8.26. The van der Waals surface area contributed by atoms with E-state index in [2.05, 4.69) is 10.4 Å². The molecule has 0 aliphatic rings. The Balaban J connectivity index is 2.24. The third kappa shape index (κ3) is 5.06. The summed E-state index contributed by atoms with van der Waals surface area (Å²) >= 11 is 6.03. The van der Waals surface area contributed by atoms with Gasteiger partial charge >= 0.3 is 0 Å². The number of benzene rings is 1. The fourth-order valence-corrected chi connectivity index (χ4v) is 2.46. The Labute approximate surface area is 156 Å². The maximum Gasteiger partial charge on any atom is 0.271 e. The molecule has 8 heteroatoms. The predicted octanol–water partition coefficient (Wildman–Crippen LogP) is 2.11. The van der Waals surface area contributed by atoms with Crippen molar-refractivity contribution in [1.29, 1.82) is 0 Å². The molecule has 1 heterocycles. The van der Waals surface area contributed by atoms with Crippen LogP contribution in [0.25, 0.3) is 5.69 Å². The first-order chi connectivity index (χ1) is 12.5. The number of carbonyl (C=O) groups is 1. The first kappa shape index (κ1) is 19.9. The van der Waals surface area contributed by atoms with Crippen molar-refractivity contribution in [2.24, 2.45) is 0 Å². The standard InChI is InChI=1S/C18H22ClN3O4/c1-4-15(18(24)20-9-10-25-3)26-16-7-8-17(23)22(21-16)14-11-13(19)6-5-12(14)2/h5-8,11,15H,4,9-10H2,1-3H3,(H,20,24). The van der Waals surface area contributed by atoms with Crippen molar-refractivity contribution in [3.63, 3.8) is 0 Å². The number of aromatic nitrogens is 2. The highest BCUT2D eigenvalue weighted by Gasteiger charge is 2.19. The van der Waals surface area contributed by atoms with E-state index in [4.69, 9.17) is 21.1 Å². The number of hydrogen-bond donors (Lipinski definition) is 1. The van der Waals surface area contributed by atoms with Crippen molar-refractivity contribution in [2.45, 2.75) is 26.4 Å². The predicted molar refractivity (Wildman–Crippen MR) is 99.2 cm³/mol. The van der Waals surface area contributed by atoms with Crippen LogP contribution in [0.15, 0.2) is 35.1 Å². The van der Waals surface area contributed by atoms with Crippen LogP contribution in [0.1, 0.15) is 18.9 Å². The molecule has 1 aromatic heterocycles. The minimum Gasteiger partial charge on any atom is -0.463 e. The Morgan fingerprint density at radius 3 is 2.81 bits per heavy atom. The maximum absolute atomic E-state index is 12.2. The molecule has 0 radical (unpaired) electrons. The van der Waals surface area contributed by atoms with E-state index in [9.17, 15) is 9.59 Å². The minimum absolute atomic E-state index is 0.178. The van der Waals surface area contributed by atoms with Gasteiger partial charge in [0.25, 0.3) is 11.5 Å². The molecule has 1 aromatic carbocycles. The first-order valence-corrected chi connectivity index (χ1v) is 8.64. The zero-order chi connectivity index (χ0) is 19.1. The zero-order valence-corrected chi connectivity index (χ0v) is 15.7. The number of halogens is 1. The van der Waals surface area contributed by atoms with E-state index in [1.807, 2.05) is 13.8 Å². The van der Waals surface area contributed by atoms with Gasteiger partial charge in [-0.05, 0) is 31.0 Å². The summed E-state index contributed by atoms with van der Waals surface area (Å²) < 4.78 is 11.8. The number of rotatable bonds is 8. The Morgan fingerprint density at radius 1 is 1.35 bits per heavy atom. The molecule has 26 heavy (non-hydrogen) atoms. The summed E-state index contributed by atoms with van der Waals surface area (Å²) in [6.45, 7) is 4.49. The van der Waals surface area contributed by atoms with Gasteiger partial charge < -0.3 is 14.8 Å². The lowest BCUT2D eigenvalue weighted by molar-refractivity contribution is -0.128. The molecular formula is C18H22ClN3O4. The van der Waals surface area contributed by atoms with Crippen LogP contribution >= 0.6 is 11.6 Å². The molecule has 0 spiro atoms. The van der Waals surface area contributed by atoms with E-state index in [1.165, 1.54) is 16.8 Å². The molecule has 1 unspecified atom stereocenters. The van der Waals surface area contributed by atoms with E-state index < -0.39 is 6.10 Å². The van der Waals surface area contributed by atoms with Gasteiger partial charge in [0.15, 0.2) is 6.10 Å². The third-order valence-electron chi connectivity index (χ3n) is 3.71. The summed E-state index contributed by atoms with van der Waals surface area (Å²) in [4.78, 5) is 24.4. The van der Waals surface area contributed by atoms with Crippen LogP contribution < -0.4 is 15.6 Å². The van der Waals surface area contributed by atoms with Gasteiger partial charge in [0.05, 0.1) is 12.3 Å². The number of amides is 1. The monoisotopic (exact) mass is 379 g/mol. The second-order valence-corrected chi connectivity index (χ2v) is 6.09. The largest absolute Gasteiger partial charge is 0.463 e. The second kappa shape index (κ2) is 9.35.